The number of halogens is 2. The fourth-order valence-electron chi connectivity index (χ4n) is 1.35. The van der Waals surface area contributed by atoms with Gasteiger partial charge in [0.05, 0.1) is 21.9 Å². The normalized spacial score (nSPS) is 10.6. The van der Waals surface area contributed by atoms with E-state index in [4.69, 9.17) is 23.2 Å². The molecule has 108 valence electrons. The van der Waals surface area contributed by atoms with Crippen LogP contribution in [-0.4, -0.2) is 18.0 Å². The first-order valence-electron chi connectivity index (χ1n) is 5.70. The summed E-state index contributed by atoms with van der Waals surface area (Å²) in [6, 6.07) is 8.39. The zero-order chi connectivity index (χ0) is 15.2. The minimum Gasteiger partial charge on any atom is -0.316 e. The monoisotopic (exact) mass is 341 g/mol. The van der Waals surface area contributed by atoms with Crippen molar-refractivity contribution in [2.75, 3.05) is 5.32 Å². The van der Waals surface area contributed by atoms with Crippen LogP contribution in [0.3, 0.4) is 0 Å². The molecule has 0 aliphatic rings. The molecular formula is C13H9Cl2N3O2S. The van der Waals surface area contributed by atoms with E-state index in [9.17, 15) is 9.59 Å². The number of anilines is 1. The third kappa shape index (κ3) is 4.29. The number of hydrogen-bond acceptors (Lipinski definition) is 4. The molecule has 0 radical (unpaired) electrons. The largest absolute Gasteiger partial charge is 0.329 e. The number of carbonyl (C=O) groups excluding carboxylic acids is 2. The van der Waals surface area contributed by atoms with Crippen molar-refractivity contribution in [1.82, 2.24) is 5.43 Å². The van der Waals surface area contributed by atoms with Crippen molar-refractivity contribution in [2.24, 2.45) is 5.10 Å². The van der Waals surface area contributed by atoms with Gasteiger partial charge in [0.2, 0.25) is 0 Å². The number of amides is 2. The van der Waals surface area contributed by atoms with Crippen LogP contribution in [0.15, 0.2) is 40.8 Å². The third-order valence-corrected chi connectivity index (χ3v) is 3.93. The van der Waals surface area contributed by atoms with Gasteiger partial charge in [-0.1, -0.05) is 35.3 Å². The van der Waals surface area contributed by atoms with Crippen LogP contribution >= 0.6 is 34.5 Å². The number of carbonyl (C=O) groups is 2. The zero-order valence-corrected chi connectivity index (χ0v) is 12.8. The topological polar surface area (TPSA) is 70.6 Å². The summed E-state index contributed by atoms with van der Waals surface area (Å²) in [6.07, 6.45) is 1.45. The average molecular weight is 342 g/mol. The lowest BCUT2D eigenvalue weighted by molar-refractivity contribution is -0.136. The molecule has 0 unspecified atom stereocenters. The molecule has 2 N–H and O–H groups in total. The number of rotatable bonds is 3. The van der Waals surface area contributed by atoms with Gasteiger partial charge in [0.1, 0.15) is 0 Å². The Labute approximate surface area is 134 Å². The Morgan fingerprint density at radius 2 is 1.95 bits per heavy atom. The second-order valence-corrected chi connectivity index (χ2v) is 5.53. The lowest BCUT2D eigenvalue weighted by atomic mass is 10.3. The second kappa shape index (κ2) is 7.21. The first kappa shape index (κ1) is 15.5. The summed E-state index contributed by atoms with van der Waals surface area (Å²) in [7, 11) is 0. The van der Waals surface area contributed by atoms with Crippen LogP contribution in [0.25, 0.3) is 0 Å². The molecule has 0 atom stereocenters. The van der Waals surface area contributed by atoms with Crippen molar-refractivity contribution in [1.29, 1.82) is 0 Å². The summed E-state index contributed by atoms with van der Waals surface area (Å²) < 4.78 is 0. The predicted molar refractivity (Wildman–Crippen MR) is 85.1 cm³/mol. The van der Waals surface area contributed by atoms with Gasteiger partial charge in [0.15, 0.2) is 0 Å². The van der Waals surface area contributed by atoms with Crippen molar-refractivity contribution < 1.29 is 9.59 Å². The maximum absolute atomic E-state index is 11.7. The van der Waals surface area contributed by atoms with Crippen molar-refractivity contribution in [3.8, 4) is 0 Å². The van der Waals surface area contributed by atoms with Crippen molar-refractivity contribution in [2.45, 2.75) is 0 Å². The smallest absolute Gasteiger partial charge is 0.316 e. The fourth-order valence-corrected chi connectivity index (χ4v) is 2.28. The van der Waals surface area contributed by atoms with E-state index in [1.54, 1.807) is 12.1 Å². The maximum Gasteiger partial charge on any atom is 0.329 e. The summed E-state index contributed by atoms with van der Waals surface area (Å²) >= 11 is 13.2. The van der Waals surface area contributed by atoms with Gasteiger partial charge in [-0.15, -0.1) is 11.3 Å². The van der Waals surface area contributed by atoms with Crippen molar-refractivity contribution in [3.63, 3.8) is 0 Å². The quantitative estimate of drug-likeness (QED) is 0.511. The Balaban J connectivity index is 1.94. The second-order valence-electron chi connectivity index (χ2n) is 3.77. The molecule has 0 spiro atoms. The molecule has 2 rings (SSSR count). The number of hydrogen-bond donors (Lipinski definition) is 2. The Bertz CT molecular complexity index is 687. The molecule has 5 nitrogen and oxygen atoms in total. The molecule has 2 amide bonds. The molecule has 0 fully saturated rings. The highest BCUT2D eigenvalue weighted by molar-refractivity contribution is 7.11. The third-order valence-electron chi connectivity index (χ3n) is 2.31. The van der Waals surface area contributed by atoms with Crippen LogP contribution in [-0.2, 0) is 9.59 Å². The summed E-state index contributed by atoms with van der Waals surface area (Å²) in [5, 5.41) is 8.36. The van der Waals surface area contributed by atoms with Crippen LogP contribution in [0.4, 0.5) is 5.69 Å². The van der Waals surface area contributed by atoms with Gasteiger partial charge in [-0.2, -0.15) is 5.10 Å². The Kier molecular flexibility index (Phi) is 5.32. The maximum atomic E-state index is 11.7. The minimum atomic E-state index is -0.904. The van der Waals surface area contributed by atoms with E-state index in [2.05, 4.69) is 15.8 Å². The number of hydrazone groups is 1. The molecular weight excluding hydrogens is 333 g/mol. The molecule has 2 aromatic rings. The van der Waals surface area contributed by atoms with Gasteiger partial charge in [-0.3, -0.25) is 9.59 Å². The van der Waals surface area contributed by atoms with E-state index >= 15 is 0 Å². The molecule has 0 aliphatic heterocycles. The van der Waals surface area contributed by atoms with Gasteiger partial charge < -0.3 is 5.32 Å². The zero-order valence-electron chi connectivity index (χ0n) is 10.5. The Hall–Kier alpha value is -1.89. The van der Waals surface area contributed by atoms with Gasteiger partial charge >= 0.3 is 11.8 Å². The number of benzene rings is 1. The SMILES string of the molecule is O=C(N/N=C\c1cccs1)C(=O)Nc1cccc(Cl)c1Cl. The van der Waals surface area contributed by atoms with Crippen LogP contribution in [0.5, 0.6) is 0 Å². The van der Waals surface area contributed by atoms with Crippen LogP contribution < -0.4 is 10.7 Å². The van der Waals surface area contributed by atoms with E-state index in [0.29, 0.717) is 0 Å². The minimum absolute atomic E-state index is 0.169. The molecule has 0 saturated carbocycles. The number of nitrogens with one attached hydrogen (secondary N) is 2. The summed E-state index contributed by atoms with van der Waals surface area (Å²) in [6.45, 7) is 0. The molecule has 0 aliphatic carbocycles. The highest BCUT2D eigenvalue weighted by Gasteiger charge is 2.15. The van der Waals surface area contributed by atoms with Crippen LogP contribution in [0.2, 0.25) is 10.0 Å². The van der Waals surface area contributed by atoms with Crippen LogP contribution in [0.1, 0.15) is 4.88 Å². The fraction of sp³-hybridized carbons (Fsp3) is 0. The summed E-state index contributed by atoms with van der Waals surface area (Å²) in [4.78, 5) is 24.1. The Morgan fingerprint density at radius 3 is 2.67 bits per heavy atom. The summed E-state index contributed by atoms with van der Waals surface area (Å²) in [5.41, 5.74) is 2.38. The first-order valence-corrected chi connectivity index (χ1v) is 7.33. The number of nitrogens with zero attached hydrogens (tertiary/aromatic N) is 1. The molecule has 0 bridgehead atoms. The molecule has 21 heavy (non-hydrogen) atoms. The standard InChI is InChI=1S/C13H9Cl2N3O2S/c14-9-4-1-5-10(11(9)15)17-12(19)13(20)18-16-7-8-3-2-6-21-8/h1-7H,(H,17,19)(H,18,20)/b16-7-. The number of thiophene rings is 1. The molecule has 1 aromatic heterocycles. The predicted octanol–water partition coefficient (Wildman–Crippen LogP) is 3.14. The van der Waals surface area contributed by atoms with Gasteiger partial charge in [-0.25, -0.2) is 5.43 Å². The molecule has 1 heterocycles. The lowest BCUT2D eigenvalue weighted by Crippen LogP contribution is -2.32. The molecule has 8 heteroatoms. The van der Waals surface area contributed by atoms with E-state index in [1.807, 2.05) is 17.5 Å². The highest BCUT2D eigenvalue weighted by atomic mass is 35.5. The van der Waals surface area contributed by atoms with E-state index in [0.717, 1.165) is 4.88 Å². The Morgan fingerprint density at radius 1 is 1.14 bits per heavy atom. The van der Waals surface area contributed by atoms with Crippen LogP contribution in [0, 0.1) is 0 Å². The molecule has 1 aromatic carbocycles. The van der Waals surface area contributed by atoms with Gasteiger partial charge in [0.25, 0.3) is 0 Å². The highest BCUT2D eigenvalue weighted by Crippen LogP contribution is 2.29. The van der Waals surface area contributed by atoms with Crippen molar-refractivity contribution >= 4 is 58.3 Å². The first-order chi connectivity index (χ1) is 10.1. The molecule has 0 saturated heterocycles. The van der Waals surface area contributed by atoms with Gasteiger partial charge in [-0.05, 0) is 23.6 Å². The lowest BCUT2D eigenvalue weighted by Gasteiger charge is -2.06. The van der Waals surface area contributed by atoms with Crippen molar-refractivity contribution in [3.05, 3.63) is 50.6 Å². The average Bonchev–Trinajstić information content (AvgIpc) is 2.97. The van der Waals surface area contributed by atoms with E-state index in [1.165, 1.54) is 23.6 Å². The van der Waals surface area contributed by atoms with E-state index in [-0.39, 0.29) is 15.7 Å². The summed E-state index contributed by atoms with van der Waals surface area (Å²) in [5.74, 6) is -1.79. The van der Waals surface area contributed by atoms with E-state index < -0.39 is 11.8 Å². The van der Waals surface area contributed by atoms with Gasteiger partial charge in [0, 0.05) is 4.88 Å².